The fourth-order valence-corrected chi connectivity index (χ4v) is 3.70. The Balaban J connectivity index is 1.92. The van der Waals surface area contributed by atoms with Gasteiger partial charge < -0.3 is 4.90 Å². The lowest BCUT2D eigenvalue weighted by Gasteiger charge is -2.29. The third kappa shape index (κ3) is 2.97. The van der Waals surface area contributed by atoms with E-state index in [9.17, 15) is 22.8 Å². The molecule has 2 aliphatic rings. The SMILES string of the molecule is CC12CCC(=O)N1C(C(=O)NOCC(F)(F)F)CS2. The summed E-state index contributed by atoms with van der Waals surface area (Å²) in [6.07, 6.45) is -3.50. The number of carbonyl (C=O) groups is 2. The number of hydrogen-bond donors (Lipinski definition) is 1. The zero-order valence-corrected chi connectivity index (χ0v) is 10.9. The van der Waals surface area contributed by atoms with Crippen molar-refractivity contribution in [3.8, 4) is 0 Å². The summed E-state index contributed by atoms with van der Waals surface area (Å²) in [6, 6.07) is -0.766. The monoisotopic (exact) mass is 298 g/mol. The number of hydroxylamine groups is 1. The van der Waals surface area contributed by atoms with Gasteiger partial charge in [-0.1, -0.05) is 0 Å². The predicted octanol–water partition coefficient (Wildman–Crippen LogP) is 1.05. The van der Waals surface area contributed by atoms with E-state index in [4.69, 9.17) is 0 Å². The second kappa shape index (κ2) is 4.86. The number of halogens is 3. The van der Waals surface area contributed by atoms with Crippen molar-refractivity contribution in [3.63, 3.8) is 0 Å². The first kappa shape index (κ1) is 14.4. The van der Waals surface area contributed by atoms with E-state index in [0.29, 0.717) is 18.6 Å². The maximum absolute atomic E-state index is 11.9. The molecule has 0 aromatic carbocycles. The Morgan fingerprint density at radius 2 is 2.32 bits per heavy atom. The quantitative estimate of drug-likeness (QED) is 0.791. The zero-order valence-electron chi connectivity index (χ0n) is 10.1. The summed E-state index contributed by atoms with van der Waals surface area (Å²) in [4.78, 5) is 28.6. The van der Waals surface area contributed by atoms with Crippen LogP contribution in [0.25, 0.3) is 0 Å². The number of hydrogen-bond acceptors (Lipinski definition) is 4. The maximum Gasteiger partial charge on any atom is 0.414 e. The molecule has 2 heterocycles. The summed E-state index contributed by atoms with van der Waals surface area (Å²) in [7, 11) is 0. The minimum atomic E-state index is -4.50. The first-order valence-electron chi connectivity index (χ1n) is 5.67. The standard InChI is InChI=1S/C10H13F3N2O3S/c1-9-3-2-7(16)15(9)6(4-19-9)8(17)14-18-5-10(11,12)13/h6H,2-5H2,1H3,(H,14,17). The number of nitrogens with zero attached hydrogens (tertiary/aromatic N) is 1. The minimum Gasteiger partial charge on any atom is -0.315 e. The lowest BCUT2D eigenvalue weighted by molar-refractivity contribution is -0.193. The first-order chi connectivity index (χ1) is 8.73. The van der Waals surface area contributed by atoms with Crippen LogP contribution >= 0.6 is 11.8 Å². The molecular formula is C10H13F3N2O3S. The van der Waals surface area contributed by atoms with E-state index in [1.165, 1.54) is 16.7 Å². The molecule has 2 atom stereocenters. The molecule has 19 heavy (non-hydrogen) atoms. The van der Waals surface area contributed by atoms with E-state index < -0.39 is 29.6 Å². The highest BCUT2D eigenvalue weighted by Gasteiger charge is 2.53. The molecule has 108 valence electrons. The molecule has 0 aromatic rings. The van der Waals surface area contributed by atoms with Gasteiger partial charge in [0.1, 0.15) is 6.04 Å². The Bertz CT molecular complexity index is 404. The van der Waals surface area contributed by atoms with Gasteiger partial charge in [-0.3, -0.25) is 14.4 Å². The predicted molar refractivity (Wildman–Crippen MR) is 60.9 cm³/mol. The average Bonchev–Trinajstić information content (AvgIpc) is 2.75. The molecule has 9 heteroatoms. The van der Waals surface area contributed by atoms with Crippen LogP contribution in [0.5, 0.6) is 0 Å². The Kier molecular flexibility index (Phi) is 3.69. The molecule has 0 spiro atoms. The topological polar surface area (TPSA) is 58.6 Å². The number of fused-ring (bicyclic) bond motifs is 1. The Morgan fingerprint density at radius 1 is 1.63 bits per heavy atom. The molecule has 0 aromatic heterocycles. The molecular weight excluding hydrogens is 285 g/mol. The largest absolute Gasteiger partial charge is 0.414 e. The molecule has 2 saturated heterocycles. The second-order valence-electron chi connectivity index (χ2n) is 4.64. The van der Waals surface area contributed by atoms with Gasteiger partial charge in [0.15, 0.2) is 6.61 Å². The van der Waals surface area contributed by atoms with Gasteiger partial charge in [0.2, 0.25) is 5.91 Å². The number of carbonyl (C=O) groups excluding carboxylic acids is 2. The molecule has 0 bridgehead atoms. The Hall–Kier alpha value is -0.960. The molecule has 2 amide bonds. The van der Waals surface area contributed by atoms with Crippen LogP contribution in [0, 0.1) is 0 Å². The highest BCUT2D eigenvalue weighted by atomic mass is 32.2. The molecule has 1 N–H and O–H groups in total. The molecule has 2 unspecified atom stereocenters. The van der Waals surface area contributed by atoms with Crippen LogP contribution in [-0.2, 0) is 14.4 Å². The molecule has 5 nitrogen and oxygen atoms in total. The summed E-state index contributed by atoms with van der Waals surface area (Å²) >= 11 is 1.46. The normalized spacial score (nSPS) is 30.6. The van der Waals surface area contributed by atoms with Crippen LogP contribution in [-0.4, -0.2) is 46.2 Å². The van der Waals surface area contributed by atoms with Gasteiger partial charge in [0, 0.05) is 12.2 Å². The van der Waals surface area contributed by atoms with Gasteiger partial charge in [-0.2, -0.15) is 13.2 Å². The highest BCUT2D eigenvalue weighted by molar-refractivity contribution is 8.01. The summed E-state index contributed by atoms with van der Waals surface area (Å²) in [5.74, 6) is -0.497. The third-order valence-electron chi connectivity index (χ3n) is 3.16. The van der Waals surface area contributed by atoms with E-state index in [2.05, 4.69) is 4.84 Å². The van der Waals surface area contributed by atoms with Crippen molar-refractivity contribution < 1.29 is 27.6 Å². The van der Waals surface area contributed by atoms with Gasteiger partial charge in [0.25, 0.3) is 5.91 Å². The van der Waals surface area contributed by atoms with E-state index in [0.717, 1.165) is 0 Å². The van der Waals surface area contributed by atoms with Crippen LogP contribution in [0.1, 0.15) is 19.8 Å². The summed E-state index contributed by atoms with van der Waals surface area (Å²) < 4.78 is 35.6. The number of alkyl halides is 3. The second-order valence-corrected chi connectivity index (χ2v) is 6.14. The molecule has 2 aliphatic heterocycles. The number of amides is 2. The fraction of sp³-hybridized carbons (Fsp3) is 0.800. The Morgan fingerprint density at radius 3 is 2.95 bits per heavy atom. The molecule has 0 radical (unpaired) electrons. The van der Waals surface area contributed by atoms with Crippen molar-refractivity contribution in [2.24, 2.45) is 0 Å². The number of rotatable bonds is 3. The Labute approximate surface area is 111 Å². The van der Waals surface area contributed by atoms with Crippen molar-refractivity contribution in [3.05, 3.63) is 0 Å². The van der Waals surface area contributed by atoms with Crippen LogP contribution in [0.15, 0.2) is 0 Å². The van der Waals surface area contributed by atoms with Crippen molar-refractivity contribution in [2.45, 2.75) is 36.9 Å². The minimum absolute atomic E-state index is 0.150. The van der Waals surface area contributed by atoms with Crippen LogP contribution < -0.4 is 5.48 Å². The highest BCUT2D eigenvalue weighted by Crippen LogP contribution is 2.47. The van der Waals surface area contributed by atoms with Crippen molar-refractivity contribution in [1.29, 1.82) is 0 Å². The summed E-state index contributed by atoms with van der Waals surface area (Å²) in [6.45, 7) is 0.302. The molecule has 2 fully saturated rings. The van der Waals surface area contributed by atoms with Crippen LogP contribution in [0.3, 0.4) is 0 Å². The number of nitrogens with one attached hydrogen (secondary N) is 1. The van der Waals surface area contributed by atoms with Gasteiger partial charge >= 0.3 is 6.18 Å². The van der Waals surface area contributed by atoms with Crippen molar-refractivity contribution in [1.82, 2.24) is 10.4 Å². The van der Waals surface area contributed by atoms with Crippen LogP contribution in [0.2, 0.25) is 0 Å². The first-order valence-corrected chi connectivity index (χ1v) is 6.66. The number of thioether (sulfide) groups is 1. The van der Waals surface area contributed by atoms with Crippen molar-refractivity contribution >= 4 is 23.6 Å². The summed E-state index contributed by atoms with van der Waals surface area (Å²) in [5.41, 5.74) is 1.77. The van der Waals surface area contributed by atoms with Gasteiger partial charge in [-0.05, 0) is 13.3 Å². The van der Waals surface area contributed by atoms with Gasteiger partial charge in [-0.25, -0.2) is 5.48 Å². The van der Waals surface area contributed by atoms with Crippen LogP contribution in [0.4, 0.5) is 13.2 Å². The molecule has 0 saturated carbocycles. The smallest absolute Gasteiger partial charge is 0.315 e. The zero-order chi connectivity index (χ0) is 14.3. The van der Waals surface area contributed by atoms with E-state index in [-0.39, 0.29) is 5.91 Å². The summed E-state index contributed by atoms with van der Waals surface area (Å²) in [5, 5.41) is 0. The van der Waals surface area contributed by atoms with E-state index >= 15 is 0 Å². The van der Waals surface area contributed by atoms with Crippen molar-refractivity contribution in [2.75, 3.05) is 12.4 Å². The van der Waals surface area contributed by atoms with Gasteiger partial charge in [-0.15, -0.1) is 11.8 Å². The van der Waals surface area contributed by atoms with E-state index in [1.54, 1.807) is 5.48 Å². The lowest BCUT2D eigenvalue weighted by Crippen LogP contribution is -2.50. The fourth-order valence-electron chi connectivity index (χ4n) is 2.27. The van der Waals surface area contributed by atoms with Gasteiger partial charge in [0.05, 0.1) is 4.87 Å². The average molecular weight is 298 g/mol. The molecule has 2 rings (SSSR count). The molecule has 0 aliphatic carbocycles. The maximum atomic E-state index is 11.9. The van der Waals surface area contributed by atoms with E-state index in [1.807, 2.05) is 6.92 Å². The third-order valence-corrected chi connectivity index (χ3v) is 4.66. The lowest BCUT2D eigenvalue weighted by atomic mass is 10.2.